The molecule has 3 rings (SSSR count). The van der Waals surface area contributed by atoms with Crippen LogP contribution in [0.1, 0.15) is 37.7 Å². The second-order valence-corrected chi connectivity index (χ2v) is 6.98. The SMILES string of the molecule is Cc1cc(N2CCN(C(=O)C3CC3C(=O)O)CC2)nc(C(C)C)n1. The molecule has 1 saturated heterocycles. The number of hydrogen-bond donors (Lipinski definition) is 1. The van der Waals surface area contributed by atoms with Gasteiger partial charge in [0.2, 0.25) is 5.91 Å². The smallest absolute Gasteiger partial charge is 0.307 e. The number of amides is 1. The third kappa shape index (κ3) is 3.34. The zero-order valence-corrected chi connectivity index (χ0v) is 14.4. The first-order valence-electron chi connectivity index (χ1n) is 8.49. The number of anilines is 1. The Morgan fingerprint density at radius 2 is 1.83 bits per heavy atom. The highest BCUT2D eigenvalue weighted by molar-refractivity contribution is 5.89. The van der Waals surface area contributed by atoms with Crippen LogP contribution >= 0.6 is 0 Å². The predicted octanol–water partition coefficient (Wildman–Crippen LogP) is 1.28. The van der Waals surface area contributed by atoms with Gasteiger partial charge in [0.05, 0.1) is 11.8 Å². The van der Waals surface area contributed by atoms with E-state index in [0.29, 0.717) is 32.6 Å². The molecule has 1 aromatic rings. The quantitative estimate of drug-likeness (QED) is 0.894. The summed E-state index contributed by atoms with van der Waals surface area (Å²) in [5.74, 6) is 0.359. The molecule has 7 heteroatoms. The number of carboxylic acid groups (broad SMARTS) is 1. The van der Waals surface area contributed by atoms with Crippen LogP contribution in [0, 0.1) is 18.8 Å². The van der Waals surface area contributed by atoms with E-state index in [1.54, 1.807) is 4.90 Å². The van der Waals surface area contributed by atoms with Crippen molar-refractivity contribution in [2.24, 2.45) is 11.8 Å². The maximum Gasteiger partial charge on any atom is 0.307 e. The fourth-order valence-electron chi connectivity index (χ4n) is 3.13. The standard InChI is InChI=1S/C17H24N4O3/c1-10(2)15-18-11(3)8-14(19-15)20-4-6-21(7-5-20)16(22)12-9-13(12)17(23)24/h8,10,12-13H,4-7,9H2,1-3H3,(H,23,24). The van der Waals surface area contributed by atoms with E-state index in [0.717, 1.165) is 17.3 Å². The minimum absolute atomic E-state index is 0.0104. The van der Waals surface area contributed by atoms with Gasteiger partial charge in [-0.3, -0.25) is 9.59 Å². The van der Waals surface area contributed by atoms with Crippen molar-refractivity contribution < 1.29 is 14.7 Å². The molecule has 1 aliphatic heterocycles. The van der Waals surface area contributed by atoms with Crippen molar-refractivity contribution >= 4 is 17.7 Å². The second kappa shape index (κ2) is 6.37. The molecule has 2 atom stereocenters. The number of carboxylic acids is 1. The van der Waals surface area contributed by atoms with E-state index >= 15 is 0 Å². The molecule has 7 nitrogen and oxygen atoms in total. The Hall–Kier alpha value is -2.18. The van der Waals surface area contributed by atoms with Crippen LogP contribution in [0.2, 0.25) is 0 Å². The summed E-state index contributed by atoms with van der Waals surface area (Å²) in [6.07, 6.45) is 0.483. The lowest BCUT2D eigenvalue weighted by Gasteiger charge is -2.35. The molecule has 1 amide bonds. The number of aromatic nitrogens is 2. The Kier molecular flexibility index (Phi) is 4.43. The summed E-state index contributed by atoms with van der Waals surface area (Å²) < 4.78 is 0. The molecule has 0 aromatic carbocycles. The summed E-state index contributed by atoms with van der Waals surface area (Å²) in [5.41, 5.74) is 0.949. The average molecular weight is 332 g/mol. The molecule has 1 N–H and O–H groups in total. The molecule has 130 valence electrons. The number of aryl methyl sites for hydroxylation is 1. The normalized spacial score (nSPS) is 23.5. The van der Waals surface area contributed by atoms with Gasteiger partial charge in [0.15, 0.2) is 0 Å². The van der Waals surface area contributed by atoms with Crippen LogP contribution in [0.25, 0.3) is 0 Å². The number of hydrogen-bond acceptors (Lipinski definition) is 5. The van der Waals surface area contributed by atoms with Crippen LogP contribution in [-0.2, 0) is 9.59 Å². The van der Waals surface area contributed by atoms with Crippen LogP contribution in [0.15, 0.2) is 6.07 Å². The molecule has 0 bridgehead atoms. The van der Waals surface area contributed by atoms with Gasteiger partial charge >= 0.3 is 5.97 Å². The van der Waals surface area contributed by atoms with Crippen LogP contribution < -0.4 is 4.90 Å². The van der Waals surface area contributed by atoms with Crippen molar-refractivity contribution in [1.82, 2.24) is 14.9 Å². The molecule has 1 saturated carbocycles. The number of nitrogens with zero attached hydrogens (tertiary/aromatic N) is 4. The molecule has 2 heterocycles. The summed E-state index contributed by atoms with van der Waals surface area (Å²) in [6, 6.07) is 1.98. The highest BCUT2D eigenvalue weighted by Gasteiger charge is 2.50. The molecule has 2 aliphatic rings. The van der Waals surface area contributed by atoms with Crippen molar-refractivity contribution in [3.8, 4) is 0 Å². The van der Waals surface area contributed by atoms with Gasteiger partial charge in [-0.15, -0.1) is 0 Å². The van der Waals surface area contributed by atoms with Crippen LogP contribution in [0.4, 0.5) is 5.82 Å². The van der Waals surface area contributed by atoms with Crippen molar-refractivity contribution in [2.45, 2.75) is 33.1 Å². The minimum atomic E-state index is -0.857. The van der Waals surface area contributed by atoms with Crippen molar-refractivity contribution in [3.63, 3.8) is 0 Å². The minimum Gasteiger partial charge on any atom is -0.481 e. The van der Waals surface area contributed by atoms with E-state index in [2.05, 4.69) is 28.7 Å². The zero-order chi connectivity index (χ0) is 17.4. The molecule has 1 aliphatic carbocycles. The van der Waals surface area contributed by atoms with Crippen molar-refractivity contribution in [1.29, 1.82) is 0 Å². The molecule has 1 aromatic heterocycles. The maximum atomic E-state index is 12.3. The lowest BCUT2D eigenvalue weighted by Crippen LogP contribution is -2.49. The summed E-state index contributed by atoms with van der Waals surface area (Å²) in [7, 11) is 0. The third-order valence-corrected chi connectivity index (χ3v) is 4.71. The Morgan fingerprint density at radius 1 is 1.17 bits per heavy atom. The van der Waals surface area contributed by atoms with Gasteiger partial charge in [0.1, 0.15) is 11.6 Å². The van der Waals surface area contributed by atoms with Gasteiger partial charge in [0, 0.05) is 43.9 Å². The van der Waals surface area contributed by atoms with E-state index in [4.69, 9.17) is 5.11 Å². The number of piperazine rings is 1. The topological polar surface area (TPSA) is 86.6 Å². The first kappa shape index (κ1) is 16.7. The maximum absolute atomic E-state index is 12.3. The molecule has 0 radical (unpaired) electrons. The van der Waals surface area contributed by atoms with Gasteiger partial charge in [-0.05, 0) is 13.3 Å². The lowest BCUT2D eigenvalue weighted by atomic mass is 10.2. The number of rotatable bonds is 4. The largest absolute Gasteiger partial charge is 0.481 e. The Morgan fingerprint density at radius 3 is 2.38 bits per heavy atom. The monoisotopic (exact) mass is 332 g/mol. The Balaban J connectivity index is 1.61. The molecule has 0 spiro atoms. The predicted molar refractivity (Wildman–Crippen MR) is 88.9 cm³/mol. The Bertz CT molecular complexity index is 653. The average Bonchev–Trinajstić information content (AvgIpc) is 3.34. The van der Waals surface area contributed by atoms with E-state index in [-0.39, 0.29) is 17.7 Å². The molecule has 2 unspecified atom stereocenters. The summed E-state index contributed by atoms with van der Waals surface area (Å²) in [5, 5.41) is 8.97. The first-order chi connectivity index (χ1) is 11.4. The van der Waals surface area contributed by atoms with Gasteiger partial charge in [-0.25, -0.2) is 9.97 Å². The highest BCUT2D eigenvalue weighted by atomic mass is 16.4. The zero-order valence-electron chi connectivity index (χ0n) is 14.4. The van der Waals surface area contributed by atoms with E-state index in [1.807, 2.05) is 13.0 Å². The summed E-state index contributed by atoms with van der Waals surface area (Å²) in [4.78, 5) is 36.3. The van der Waals surface area contributed by atoms with E-state index in [9.17, 15) is 9.59 Å². The first-order valence-corrected chi connectivity index (χ1v) is 8.49. The van der Waals surface area contributed by atoms with Crippen LogP contribution in [0.3, 0.4) is 0 Å². The third-order valence-electron chi connectivity index (χ3n) is 4.71. The summed E-state index contributed by atoms with van der Waals surface area (Å²) >= 11 is 0. The highest BCUT2D eigenvalue weighted by Crippen LogP contribution is 2.40. The summed E-state index contributed by atoms with van der Waals surface area (Å²) in [6.45, 7) is 8.77. The van der Waals surface area contributed by atoms with Crippen LogP contribution in [0.5, 0.6) is 0 Å². The molecule has 2 fully saturated rings. The number of carbonyl (C=O) groups excluding carboxylic acids is 1. The fraction of sp³-hybridized carbons (Fsp3) is 0.647. The Labute approximate surface area is 141 Å². The number of aliphatic carboxylic acids is 1. The van der Waals surface area contributed by atoms with E-state index < -0.39 is 11.9 Å². The van der Waals surface area contributed by atoms with Gasteiger partial charge < -0.3 is 14.9 Å². The molecular formula is C17H24N4O3. The van der Waals surface area contributed by atoms with Crippen molar-refractivity contribution in [2.75, 3.05) is 31.1 Å². The van der Waals surface area contributed by atoms with Crippen molar-refractivity contribution in [3.05, 3.63) is 17.6 Å². The lowest BCUT2D eigenvalue weighted by molar-refractivity contribution is -0.142. The number of carbonyl (C=O) groups is 2. The van der Waals surface area contributed by atoms with E-state index in [1.165, 1.54) is 0 Å². The van der Waals surface area contributed by atoms with Crippen LogP contribution in [-0.4, -0.2) is 58.0 Å². The van der Waals surface area contributed by atoms with Gasteiger partial charge in [0.25, 0.3) is 0 Å². The fourth-order valence-corrected chi connectivity index (χ4v) is 3.13. The van der Waals surface area contributed by atoms with Gasteiger partial charge in [-0.1, -0.05) is 13.8 Å². The molecule has 24 heavy (non-hydrogen) atoms. The second-order valence-electron chi connectivity index (χ2n) is 6.98. The van der Waals surface area contributed by atoms with Gasteiger partial charge in [-0.2, -0.15) is 0 Å². The molecular weight excluding hydrogens is 308 g/mol.